The van der Waals surface area contributed by atoms with E-state index in [1.807, 2.05) is 30.3 Å². The van der Waals surface area contributed by atoms with Crippen LogP contribution in [0.4, 0.5) is 5.69 Å². The number of halogens is 1. The Bertz CT molecular complexity index is 1500. The van der Waals surface area contributed by atoms with Crippen molar-refractivity contribution >= 4 is 39.2 Å². The number of anilines is 1. The molecule has 10 nitrogen and oxygen atoms in total. The van der Waals surface area contributed by atoms with Gasteiger partial charge in [0.05, 0.1) is 29.1 Å². The Labute approximate surface area is 237 Å². The van der Waals surface area contributed by atoms with Gasteiger partial charge in [0.2, 0.25) is 5.91 Å². The van der Waals surface area contributed by atoms with Crippen LogP contribution in [0.3, 0.4) is 0 Å². The van der Waals surface area contributed by atoms with Crippen LogP contribution in [-0.2, 0) is 21.2 Å². The molecule has 0 saturated carbocycles. The maximum atomic E-state index is 13.6. The molecule has 12 heteroatoms. The van der Waals surface area contributed by atoms with Crippen LogP contribution >= 0.6 is 11.6 Å². The number of aliphatic hydroxyl groups is 1. The molecule has 3 aromatic carbocycles. The first-order chi connectivity index (χ1) is 18.9. The number of nitrogens with zero attached hydrogens (tertiary/aromatic N) is 2. The van der Waals surface area contributed by atoms with Crippen molar-refractivity contribution in [1.29, 1.82) is 0 Å². The van der Waals surface area contributed by atoms with Crippen molar-refractivity contribution in [1.82, 2.24) is 9.80 Å². The number of carbonyl (C=O) groups excluding carboxylic acids is 1. The molecule has 0 bridgehead atoms. The summed E-state index contributed by atoms with van der Waals surface area (Å²) < 4.78 is 28.7. The number of aliphatic hydroxyl groups excluding tert-OH is 1. The lowest BCUT2D eigenvalue weighted by Crippen LogP contribution is -2.39. The zero-order valence-corrected chi connectivity index (χ0v) is 23.3. The summed E-state index contributed by atoms with van der Waals surface area (Å²) >= 11 is 6.20. The lowest BCUT2D eigenvalue weighted by atomic mass is 10.0. The average molecular weight is 588 g/mol. The fourth-order valence-corrected chi connectivity index (χ4v) is 6.00. The summed E-state index contributed by atoms with van der Waals surface area (Å²) in [6.07, 6.45) is 0.0939. The first-order valence-electron chi connectivity index (χ1n) is 12.5. The number of β-amino-alcohol motifs (C(OH)–C–C–N with tert-alkyl or cyclic N) is 1. The van der Waals surface area contributed by atoms with Crippen LogP contribution in [0.15, 0.2) is 71.6 Å². The Balaban J connectivity index is 1.58. The molecule has 40 heavy (non-hydrogen) atoms. The number of benzene rings is 3. The predicted octanol–water partition coefficient (Wildman–Crippen LogP) is 3.35. The van der Waals surface area contributed by atoms with E-state index < -0.39 is 33.4 Å². The number of nitrogens with one attached hydrogen (secondary N) is 1. The highest BCUT2D eigenvalue weighted by molar-refractivity contribution is 7.92. The van der Waals surface area contributed by atoms with Gasteiger partial charge in [0.25, 0.3) is 10.0 Å². The summed E-state index contributed by atoms with van der Waals surface area (Å²) in [5.74, 6) is -2.33. The molecule has 1 fully saturated rings. The molecule has 3 aromatic rings. The predicted molar refractivity (Wildman–Crippen MR) is 150 cm³/mol. The quantitative estimate of drug-likeness (QED) is 0.282. The van der Waals surface area contributed by atoms with Gasteiger partial charge in [0.1, 0.15) is 11.3 Å². The largest absolute Gasteiger partial charge is 0.507 e. The molecule has 0 aromatic heterocycles. The number of sulfonamides is 1. The summed E-state index contributed by atoms with van der Waals surface area (Å²) in [5, 5.41) is 29.3. The van der Waals surface area contributed by atoms with E-state index in [9.17, 15) is 33.3 Å². The number of aromatic hydroxyl groups is 1. The van der Waals surface area contributed by atoms with Crippen LogP contribution in [0, 0.1) is 0 Å². The van der Waals surface area contributed by atoms with E-state index in [1.54, 1.807) is 11.9 Å². The zero-order valence-electron chi connectivity index (χ0n) is 21.7. The van der Waals surface area contributed by atoms with Gasteiger partial charge in [-0.25, -0.2) is 13.2 Å². The average Bonchev–Trinajstić information content (AvgIpc) is 3.33. The lowest BCUT2D eigenvalue weighted by Gasteiger charge is -2.32. The number of likely N-dealkylation sites (N-methyl/N-ethyl adjacent to an activating group) is 1. The maximum absolute atomic E-state index is 13.6. The van der Waals surface area contributed by atoms with Crippen molar-refractivity contribution in [2.75, 3.05) is 31.4 Å². The van der Waals surface area contributed by atoms with Gasteiger partial charge in [0.15, 0.2) is 0 Å². The lowest BCUT2D eigenvalue weighted by molar-refractivity contribution is -0.131. The fourth-order valence-electron chi connectivity index (χ4n) is 4.68. The molecule has 0 radical (unpaired) electrons. The molecule has 1 aliphatic rings. The summed E-state index contributed by atoms with van der Waals surface area (Å²) in [6, 6.07) is 16.6. The standard InChI is InChI=1S/C28H30ClN3O7S/c1-31(25(18-5-3-2-4-6-18)17-32-12-11-21(33)16-32)27(35)14-19-13-20(29)7-9-24(19)30-40(38,39)22-8-10-26(34)23(15-22)28(36)37/h2-10,13,15,21,25,30,33-34H,11-12,14,16-17H2,1H3,(H,36,37). The number of rotatable bonds is 10. The van der Waals surface area contributed by atoms with Gasteiger partial charge < -0.3 is 20.2 Å². The monoisotopic (exact) mass is 587 g/mol. The van der Waals surface area contributed by atoms with Gasteiger partial charge in [-0.15, -0.1) is 0 Å². The number of carbonyl (C=O) groups is 2. The van der Waals surface area contributed by atoms with E-state index in [1.165, 1.54) is 18.2 Å². The van der Waals surface area contributed by atoms with Crippen LogP contribution in [0.25, 0.3) is 0 Å². The van der Waals surface area contributed by atoms with Crippen LogP contribution < -0.4 is 4.72 Å². The summed E-state index contributed by atoms with van der Waals surface area (Å²) in [4.78, 5) is 28.3. The number of hydrogen-bond donors (Lipinski definition) is 4. The summed E-state index contributed by atoms with van der Waals surface area (Å²) in [5.41, 5.74) is 0.797. The van der Waals surface area contributed by atoms with Crippen molar-refractivity contribution in [2.45, 2.75) is 29.9 Å². The molecule has 212 valence electrons. The molecule has 2 atom stereocenters. The van der Waals surface area contributed by atoms with Gasteiger partial charge in [0, 0.05) is 31.7 Å². The third kappa shape index (κ3) is 6.92. The second-order valence-corrected chi connectivity index (χ2v) is 11.8. The van der Waals surface area contributed by atoms with Crippen molar-refractivity contribution in [2.24, 2.45) is 0 Å². The minimum atomic E-state index is -4.28. The summed E-state index contributed by atoms with van der Waals surface area (Å²) in [6.45, 7) is 1.76. The Morgan fingerprint density at radius 3 is 2.50 bits per heavy atom. The topological polar surface area (TPSA) is 147 Å². The molecule has 1 aliphatic heterocycles. The second-order valence-electron chi connectivity index (χ2n) is 9.70. The first kappa shape index (κ1) is 29.3. The molecule has 0 aliphatic carbocycles. The molecule has 2 unspecified atom stereocenters. The molecular formula is C28H30ClN3O7S. The highest BCUT2D eigenvalue weighted by atomic mass is 35.5. The molecule has 1 heterocycles. The van der Waals surface area contributed by atoms with Crippen LogP contribution in [0.5, 0.6) is 5.75 Å². The van der Waals surface area contributed by atoms with Crippen molar-refractivity contribution in [3.8, 4) is 5.75 Å². The van der Waals surface area contributed by atoms with E-state index in [-0.39, 0.29) is 29.0 Å². The Kier molecular flexibility index (Phi) is 8.99. The minimum Gasteiger partial charge on any atom is -0.507 e. The number of aromatic carboxylic acids is 1. The van der Waals surface area contributed by atoms with E-state index in [4.69, 9.17) is 11.6 Å². The highest BCUT2D eigenvalue weighted by Crippen LogP contribution is 2.29. The van der Waals surface area contributed by atoms with E-state index >= 15 is 0 Å². The third-order valence-electron chi connectivity index (χ3n) is 6.89. The first-order valence-corrected chi connectivity index (χ1v) is 14.4. The Morgan fingerprint density at radius 1 is 1.12 bits per heavy atom. The van der Waals surface area contributed by atoms with E-state index in [2.05, 4.69) is 9.62 Å². The number of phenols is 1. The number of carboxylic acids is 1. The number of hydrogen-bond acceptors (Lipinski definition) is 7. The third-order valence-corrected chi connectivity index (χ3v) is 8.48. The van der Waals surface area contributed by atoms with Crippen LogP contribution in [0.1, 0.15) is 33.9 Å². The van der Waals surface area contributed by atoms with E-state index in [0.717, 1.165) is 23.8 Å². The molecule has 4 rings (SSSR count). The molecule has 1 amide bonds. The number of likely N-dealkylation sites (tertiary alicyclic amines) is 1. The maximum Gasteiger partial charge on any atom is 0.339 e. The molecule has 1 saturated heterocycles. The van der Waals surface area contributed by atoms with Crippen LogP contribution in [0.2, 0.25) is 5.02 Å². The molecular weight excluding hydrogens is 558 g/mol. The Morgan fingerprint density at radius 2 is 1.85 bits per heavy atom. The van der Waals surface area contributed by atoms with Crippen molar-refractivity contribution < 1.29 is 33.3 Å². The fraction of sp³-hybridized carbons (Fsp3) is 0.286. The van der Waals surface area contributed by atoms with Gasteiger partial charge >= 0.3 is 5.97 Å². The van der Waals surface area contributed by atoms with Crippen molar-refractivity contribution in [3.63, 3.8) is 0 Å². The zero-order chi connectivity index (χ0) is 29.0. The van der Waals surface area contributed by atoms with Crippen molar-refractivity contribution in [3.05, 3.63) is 88.4 Å². The summed E-state index contributed by atoms with van der Waals surface area (Å²) in [7, 11) is -2.60. The van der Waals surface area contributed by atoms with Gasteiger partial charge in [-0.05, 0) is 53.9 Å². The van der Waals surface area contributed by atoms with E-state index in [0.29, 0.717) is 36.6 Å². The SMILES string of the molecule is CN(C(=O)Cc1cc(Cl)ccc1NS(=O)(=O)c1ccc(O)c(C(=O)O)c1)C(CN1CCC(O)C1)c1ccccc1. The van der Waals surface area contributed by atoms with Gasteiger partial charge in [-0.2, -0.15) is 0 Å². The number of carboxylic acid groups (broad SMARTS) is 1. The highest BCUT2D eigenvalue weighted by Gasteiger charge is 2.29. The number of amides is 1. The Hall–Kier alpha value is -3.64. The van der Waals surface area contributed by atoms with Gasteiger partial charge in [-0.3, -0.25) is 14.4 Å². The van der Waals surface area contributed by atoms with Crippen LogP contribution in [-0.4, -0.2) is 78.2 Å². The molecule has 0 spiro atoms. The molecule has 4 N–H and O–H groups in total. The minimum absolute atomic E-state index is 0.107. The van der Waals surface area contributed by atoms with Gasteiger partial charge in [-0.1, -0.05) is 41.9 Å². The normalized spacial score (nSPS) is 16.4. The second kappa shape index (κ2) is 12.3. The smallest absolute Gasteiger partial charge is 0.339 e.